The number of nitrogens with zero attached hydrogens (tertiary/aromatic N) is 3. The standard InChI is InChI=1S/C24H34N5OP/c1-16(18-5-7-22(31)8-6-18)4-9-23(25)17(2)26-24(30)29-12-19-10-28(11-20(19)13-29)21-14-27(3)15-21/h4-9,19-21H,2,10-15,25,31H2,1,3H3,(H,26,30)/b16-4+,23-9+. The van der Waals surface area contributed by atoms with Crippen LogP contribution >= 0.6 is 9.24 Å². The van der Waals surface area contributed by atoms with E-state index in [-0.39, 0.29) is 6.03 Å². The predicted octanol–water partition coefficient (Wildman–Crippen LogP) is 1.83. The third-order valence-electron chi connectivity index (χ3n) is 6.85. The van der Waals surface area contributed by atoms with Crippen molar-refractivity contribution in [3.63, 3.8) is 0 Å². The van der Waals surface area contributed by atoms with E-state index in [0.717, 1.165) is 42.6 Å². The van der Waals surface area contributed by atoms with E-state index in [0.29, 0.717) is 29.3 Å². The fourth-order valence-corrected chi connectivity index (χ4v) is 5.02. The molecule has 3 fully saturated rings. The van der Waals surface area contributed by atoms with Crippen LogP contribution in [0, 0.1) is 11.8 Å². The van der Waals surface area contributed by atoms with Crippen molar-refractivity contribution >= 4 is 26.1 Å². The van der Waals surface area contributed by atoms with Crippen LogP contribution in [0.2, 0.25) is 0 Å². The maximum Gasteiger partial charge on any atom is 0.321 e. The van der Waals surface area contributed by atoms with Gasteiger partial charge in [-0.15, -0.1) is 9.24 Å². The number of urea groups is 1. The summed E-state index contributed by atoms with van der Waals surface area (Å²) in [6.45, 7) is 12.2. The summed E-state index contributed by atoms with van der Waals surface area (Å²) in [6, 6.07) is 8.87. The number of likely N-dealkylation sites (tertiary alicyclic amines) is 3. The number of allylic oxidation sites excluding steroid dienone is 3. The molecule has 3 saturated heterocycles. The van der Waals surface area contributed by atoms with E-state index in [1.807, 2.05) is 17.9 Å². The number of benzene rings is 1. The van der Waals surface area contributed by atoms with E-state index >= 15 is 0 Å². The van der Waals surface area contributed by atoms with Gasteiger partial charge >= 0.3 is 6.03 Å². The number of likely N-dealkylation sites (N-methyl/N-ethyl adjacent to an activating group) is 1. The summed E-state index contributed by atoms with van der Waals surface area (Å²) in [5.74, 6) is 1.16. The smallest absolute Gasteiger partial charge is 0.321 e. The van der Waals surface area contributed by atoms with Gasteiger partial charge in [-0.25, -0.2) is 4.79 Å². The molecule has 0 saturated carbocycles. The number of hydrogen-bond acceptors (Lipinski definition) is 4. The van der Waals surface area contributed by atoms with Crippen LogP contribution in [0.4, 0.5) is 4.79 Å². The Morgan fingerprint density at radius 3 is 2.29 bits per heavy atom. The molecule has 3 heterocycles. The molecule has 1 aromatic rings. The molecule has 166 valence electrons. The molecule has 0 bridgehead atoms. The van der Waals surface area contributed by atoms with Crippen LogP contribution < -0.4 is 16.4 Å². The fourth-order valence-electron chi connectivity index (χ4n) is 4.83. The molecule has 3 N–H and O–H groups in total. The van der Waals surface area contributed by atoms with Crippen molar-refractivity contribution in [2.24, 2.45) is 17.6 Å². The van der Waals surface area contributed by atoms with Gasteiger partial charge in [-0.2, -0.15) is 0 Å². The molecule has 3 aliphatic heterocycles. The number of fused-ring (bicyclic) bond motifs is 1. The van der Waals surface area contributed by atoms with E-state index < -0.39 is 0 Å². The number of rotatable bonds is 5. The Morgan fingerprint density at radius 1 is 1.10 bits per heavy atom. The maximum absolute atomic E-state index is 12.7. The molecule has 4 rings (SSSR count). The van der Waals surface area contributed by atoms with Crippen LogP contribution in [-0.2, 0) is 0 Å². The molecule has 1 aromatic carbocycles. The third kappa shape index (κ3) is 5.03. The molecule has 3 atom stereocenters. The van der Waals surface area contributed by atoms with Crippen molar-refractivity contribution in [3.8, 4) is 0 Å². The zero-order valence-corrected chi connectivity index (χ0v) is 19.7. The lowest BCUT2D eigenvalue weighted by Gasteiger charge is -2.42. The Morgan fingerprint density at radius 2 is 1.71 bits per heavy atom. The highest BCUT2D eigenvalue weighted by atomic mass is 31.0. The topological polar surface area (TPSA) is 64.8 Å². The average Bonchev–Trinajstić information content (AvgIpc) is 3.29. The van der Waals surface area contributed by atoms with Gasteiger partial charge in [-0.1, -0.05) is 36.9 Å². The van der Waals surface area contributed by atoms with Gasteiger partial charge in [0.1, 0.15) is 0 Å². The van der Waals surface area contributed by atoms with Crippen LogP contribution in [0.15, 0.2) is 54.4 Å². The molecule has 0 spiro atoms. The van der Waals surface area contributed by atoms with Gasteiger partial charge in [0.15, 0.2) is 0 Å². The summed E-state index contributed by atoms with van der Waals surface area (Å²) in [4.78, 5) is 19.6. The Hall–Kier alpha value is -2.14. The molecule has 3 aliphatic rings. The highest BCUT2D eigenvalue weighted by Gasteiger charge is 2.45. The number of carbonyl (C=O) groups is 1. The van der Waals surface area contributed by atoms with Crippen LogP contribution in [0.3, 0.4) is 0 Å². The largest absolute Gasteiger partial charge is 0.397 e. The molecule has 2 amide bonds. The van der Waals surface area contributed by atoms with Crippen molar-refractivity contribution in [1.82, 2.24) is 20.0 Å². The predicted molar refractivity (Wildman–Crippen MR) is 131 cm³/mol. The third-order valence-corrected chi connectivity index (χ3v) is 7.23. The molecule has 0 aliphatic carbocycles. The number of hydrogen-bond donors (Lipinski definition) is 2. The van der Waals surface area contributed by atoms with Gasteiger partial charge in [-0.05, 0) is 48.3 Å². The minimum Gasteiger partial charge on any atom is -0.397 e. The summed E-state index contributed by atoms with van der Waals surface area (Å²) < 4.78 is 0. The van der Waals surface area contributed by atoms with Gasteiger partial charge < -0.3 is 20.9 Å². The minimum atomic E-state index is -0.0950. The Labute approximate surface area is 188 Å². The molecule has 0 radical (unpaired) electrons. The zero-order valence-electron chi connectivity index (χ0n) is 18.6. The number of nitrogens with two attached hydrogens (primary N) is 1. The van der Waals surface area contributed by atoms with Crippen molar-refractivity contribution in [2.45, 2.75) is 13.0 Å². The summed E-state index contributed by atoms with van der Waals surface area (Å²) in [5.41, 5.74) is 9.31. The molecule has 7 heteroatoms. The van der Waals surface area contributed by atoms with E-state index in [9.17, 15) is 4.79 Å². The maximum atomic E-state index is 12.7. The first-order chi connectivity index (χ1) is 14.8. The summed E-state index contributed by atoms with van der Waals surface area (Å²) >= 11 is 0. The SMILES string of the molecule is C=C(NC(=O)N1CC2CN(C3CN(C)C3)CC2C1)/C(N)=C\C=C(/C)c1ccc(P)cc1. The first kappa shape index (κ1) is 22.1. The van der Waals surface area contributed by atoms with E-state index in [2.05, 4.69) is 62.2 Å². The number of nitrogens with one attached hydrogen (secondary N) is 1. The Bertz CT molecular complexity index is 889. The quantitative estimate of drug-likeness (QED) is 0.543. The highest BCUT2D eigenvalue weighted by molar-refractivity contribution is 7.27. The van der Waals surface area contributed by atoms with Gasteiger partial charge in [0.2, 0.25) is 0 Å². The van der Waals surface area contributed by atoms with Gasteiger partial charge in [0.05, 0.1) is 11.4 Å². The Balaban J connectivity index is 1.27. The lowest BCUT2D eigenvalue weighted by Crippen LogP contribution is -2.57. The summed E-state index contributed by atoms with van der Waals surface area (Å²) in [6.07, 6.45) is 3.76. The molecule has 3 unspecified atom stereocenters. The molecular weight excluding hydrogens is 405 g/mol. The van der Waals surface area contributed by atoms with E-state index in [1.165, 1.54) is 13.1 Å². The van der Waals surface area contributed by atoms with E-state index in [1.54, 1.807) is 6.08 Å². The van der Waals surface area contributed by atoms with Crippen LogP contribution in [-0.4, -0.2) is 73.1 Å². The van der Waals surface area contributed by atoms with Crippen molar-refractivity contribution in [3.05, 3.63) is 60.0 Å². The van der Waals surface area contributed by atoms with Crippen LogP contribution in [0.1, 0.15) is 12.5 Å². The second-order valence-corrected chi connectivity index (χ2v) is 9.92. The van der Waals surface area contributed by atoms with Gasteiger partial charge in [-0.3, -0.25) is 4.90 Å². The van der Waals surface area contributed by atoms with Crippen LogP contribution in [0.5, 0.6) is 0 Å². The number of amides is 2. The second-order valence-electron chi connectivity index (χ2n) is 9.26. The first-order valence-electron chi connectivity index (χ1n) is 11.0. The van der Waals surface area contributed by atoms with Gasteiger partial charge in [0.25, 0.3) is 0 Å². The number of carbonyl (C=O) groups excluding carboxylic acids is 1. The monoisotopic (exact) mass is 439 g/mol. The van der Waals surface area contributed by atoms with Crippen molar-refractivity contribution in [2.75, 3.05) is 46.3 Å². The molecule has 31 heavy (non-hydrogen) atoms. The average molecular weight is 440 g/mol. The lowest BCUT2D eigenvalue weighted by molar-refractivity contribution is 0.0619. The van der Waals surface area contributed by atoms with E-state index in [4.69, 9.17) is 5.73 Å². The zero-order chi connectivity index (χ0) is 22.1. The molecular formula is C24H34N5OP. The van der Waals surface area contributed by atoms with Crippen molar-refractivity contribution in [1.29, 1.82) is 0 Å². The molecule has 6 nitrogen and oxygen atoms in total. The lowest BCUT2D eigenvalue weighted by atomic mass is 10.0. The second kappa shape index (κ2) is 9.15. The molecule has 0 aromatic heterocycles. The van der Waals surface area contributed by atoms with Gasteiger partial charge in [0, 0.05) is 45.3 Å². The van der Waals surface area contributed by atoms with Crippen LogP contribution in [0.25, 0.3) is 5.57 Å². The summed E-state index contributed by atoms with van der Waals surface area (Å²) in [5, 5.41) is 4.04. The normalized spacial score (nSPS) is 25.5. The van der Waals surface area contributed by atoms with Crippen molar-refractivity contribution < 1.29 is 4.79 Å². The fraction of sp³-hybridized carbons (Fsp3) is 0.458. The minimum absolute atomic E-state index is 0.0950. The first-order valence-corrected chi connectivity index (χ1v) is 11.6. The highest BCUT2D eigenvalue weighted by Crippen LogP contribution is 2.33. The Kier molecular flexibility index (Phi) is 6.52. The summed E-state index contributed by atoms with van der Waals surface area (Å²) in [7, 11) is 4.86.